The normalized spacial score (nSPS) is 16.7. The molecule has 0 radical (unpaired) electrons. The molecular weight excluding hydrogens is 370 g/mol. The van der Waals surface area contributed by atoms with Crippen molar-refractivity contribution in [2.24, 2.45) is 0 Å². The van der Waals surface area contributed by atoms with Crippen molar-refractivity contribution in [1.29, 1.82) is 0 Å². The van der Waals surface area contributed by atoms with Crippen molar-refractivity contribution in [2.45, 2.75) is 32.2 Å². The highest BCUT2D eigenvalue weighted by molar-refractivity contribution is 5.81. The number of furan rings is 1. The molecule has 8 nitrogen and oxygen atoms in total. The highest BCUT2D eigenvalue weighted by atomic mass is 16.5. The molecule has 0 bridgehead atoms. The number of pyridine rings is 1. The van der Waals surface area contributed by atoms with E-state index in [4.69, 9.17) is 9.15 Å². The van der Waals surface area contributed by atoms with E-state index in [1.165, 1.54) is 0 Å². The molecule has 4 aromatic heterocycles. The van der Waals surface area contributed by atoms with E-state index in [0.29, 0.717) is 23.9 Å². The van der Waals surface area contributed by atoms with Crippen LogP contribution in [0.15, 0.2) is 47.3 Å². The fraction of sp³-hybridized carbons (Fsp3) is 0.333. The number of rotatable bonds is 5. The molecule has 1 aliphatic rings. The minimum absolute atomic E-state index is 0.135. The average molecular weight is 391 g/mol. The van der Waals surface area contributed by atoms with Crippen LogP contribution in [0.1, 0.15) is 26.2 Å². The van der Waals surface area contributed by atoms with Gasteiger partial charge in [-0.3, -0.25) is 9.78 Å². The maximum Gasteiger partial charge on any atom is 0.231 e. The third kappa shape index (κ3) is 3.30. The lowest BCUT2D eigenvalue weighted by molar-refractivity contribution is -0.129. The van der Waals surface area contributed by atoms with Gasteiger partial charge in [0, 0.05) is 49.8 Å². The van der Waals surface area contributed by atoms with Crippen molar-refractivity contribution in [3.05, 3.63) is 42.9 Å². The number of hydrogen-bond acceptors (Lipinski definition) is 6. The molecule has 4 aromatic rings. The second kappa shape index (κ2) is 7.20. The molecule has 1 atom stereocenters. The van der Waals surface area contributed by atoms with E-state index in [0.717, 1.165) is 42.5 Å². The summed E-state index contributed by atoms with van der Waals surface area (Å²) in [5.41, 5.74) is 2.23. The first-order valence-electron chi connectivity index (χ1n) is 9.78. The minimum Gasteiger partial charge on any atom is -0.477 e. The number of ether oxygens (including phenoxy) is 1. The first kappa shape index (κ1) is 17.7. The fourth-order valence-corrected chi connectivity index (χ4v) is 3.96. The van der Waals surface area contributed by atoms with Crippen LogP contribution in [0.5, 0.6) is 5.88 Å². The largest absolute Gasteiger partial charge is 0.477 e. The monoisotopic (exact) mass is 391 g/mol. The van der Waals surface area contributed by atoms with Gasteiger partial charge in [-0.05, 0) is 31.0 Å². The van der Waals surface area contributed by atoms with Crippen molar-refractivity contribution in [2.75, 3.05) is 13.2 Å². The van der Waals surface area contributed by atoms with Crippen LogP contribution in [0.25, 0.3) is 28.1 Å². The zero-order valence-electron chi connectivity index (χ0n) is 16.1. The first-order valence-corrected chi connectivity index (χ1v) is 9.78. The number of aromatic nitrogens is 4. The lowest BCUT2D eigenvalue weighted by Gasteiger charge is -2.23. The maximum absolute atomic E-state index is 11.7. The van der Waals surface area contributed by atoms with Crippen LogP contribution in [-0.4, -0.2) is 49.6 Å². The van der Waals surface area contributed by atoms with Crippen molar-refractivity contribution in [3.8, 4) is 17.3 Å². The van der Waals surface area contributed by atoms with Gasteiger partial charge in [-0.1, -0.05) is 0 Å². The van der Waals surface area contributed by atoms with E-state index in [2.05, 4.69) is 15.1 Å². The molecule has 5 heterocycles. The molecule has 1 fully saturated rings. The number of carbonyl (C=O) groups excluding carboxylic acids is 1. The zero-order chi connectivity index (χ0) is 19.8. The lowest BCUT2D eigenvalue weighted by Crippen LogP contribution is -2.34. The summed E-state index contributed by atoms with van der Waals surface area (Å²) in [5.74, 6) is 1.33. The molecule has 1 saturated heterocycles. The fourth-order valence-electron chi connectivity index (χ4n) is 3.96. The van der Waals surface area contributed by atoms with E-state index >= 15 is 0 Å². The Morgan fingerprint density at radius 2 is 2.24 bits per heavy atom. The molecule has 0 saturated carbocycles. The van der Waals surface area contributed by atoms with E-state index in [1.807, 2.05) is 29.2 Å². The van der Waals surface area contributed by atoms with Gasteiger partial charge in [0.1, 0.15) is 11.3 Å². The van der Waals surface area contributed by atoms with Gasteiger partial charge >= 0.3 is 0 Å². The van der Waals surface area contributed by atoms with Gasteiger partial charge < -0.3 is 14.1 Å². The molecule has 1 amide bonds. The van der Waals surface area contributed by atoms with Crippen molar-refractivity contribution in [3.63, 3.8) is 0 Å². The first-order chi connectivity index (χ1) is 14.2. The zero-order valence-corrected chi connectivity index (χ0v) is 16.1. The summed E-state index contributed by atoms with van der Waals surface area (Å²) in [5, 5.41) is 5.50. The molecule has 8 heteroatoms. The molecule has 1 aliphatic heterocycles. The quantitative estimate of drug-likeness (QED) is 0.519. The Kier molecular flexibility index (Phi) is 4.38. The molecule has 5 rings (SSSR count). The van der Waals surface area contributed by atoms with Gasteiger partial charge in [-0.15, -0.1) is 5.10 Å². The van der Waals surface area contributed by atoms with Crippen LogP contribution >= 0.6 is 0 Å². The summed E-state index contributed by atoms with van der Waals surface area (Å²) in [6, 6.07) is 7.69. The summed E-state index contributed by atoms with van der Waals surface area (Å²) < 4.78 is 13.5. The number of carbonyl (C=O) groups is 1. The van der Waals surface area contributed by atoms with E-state index in [-0.39, 0.29) is 11.9 Å². The van der Waals surface area contributed by atoms with Gasteiger partial charge in [0.15, 0.2) is 11.4 Å². The number of nitrogens with zero attached hydrogens (tertiary/aromatic N) is 5. The topological polar surface area (TPSA) is 85.8 Å². The Bertz CT molecular complexity index is 1150. The van der Waals surface area contributed by atoms with Crippen molar-refractivity contribution < 1.29 is 13.9 Å². The smallest absolute Gasteiger partial charge is 0.231 e. The summed E-state index contributed by atoms with van der Waals surface area (Å²) in [4.78, 5) is 22.2. The SMILES string of the molecule is CC(=O)N1CCCC1CCOc1ccc2ncc(-c3cc4cnccc4o3)n2n1. The molecular formula is C21H21N5O3. The number of likely N-dealkylation sites (tertiary alicyclic amines) is 1. The Balaban J connectivity index is 1.35. The Morgan fingerprint density at radius 1 is 1.31 bits per heavy atom. The van der Waals surface area contributed by atoms with Crippen molar-refractivity contribution in [1.82, 2.24) is 24.5 Å². The van der Waals surface area contributed by atoms with Crippen LogP contribution < -0.4 is 4.74 Å². The molecule has 0 aromatic carbocycles. The van der Waals surface area contributed by atoms with Gasteiger partial charge in [0.2, 0.25) is 11.8 Å². The van der Waals surface area contributed by atoms with E-state index < -0.39 is 0 Å². The Morgan fingerprint density at radius 3 is 3.10 bits per heavy atom. The second-order valence-corrected chi connectivity index (χ2v) is 7.25. The molecule has 0 aliphatic carbocycles. The average Bonchev–Trinajstić information content (AvgIpc) is 3.45. The molecule has 0 N–H and O–H groups in total. The standard InChI is InChI=1S/C21H21N5O3/c1-14(27)25-9-2-3-16(25)7-10-28-21-5-4-20-23-13-17(26(20)24-21)19-11-15-12-22-8-6-18(15)29-19/h4-6,8,11-13,16H,2-3,7,9-10H2,1H3. The summed E-state index contributed by atoms with van der Waals surface area (Å²) in [6.45, 7) is 2.98. The summed E-state index contributed by atoms with van der Waals surface area (Å²) in [7, 11) is 0. The van der Waals surface area contributed by atoms with Gasteiger partial charge in [-0.2, -0.15) is 0 Å². The Hall–Kier alpha value is -3.42. The third-order valence-corrected chi connectivity index (χ3v) is 5.39. The third-order valence-electron chi connectivity index (χ3n) is 5.39. The lowest BCUT2D eigenvalue weighted by atomic mass is 10.1. The van der Waals surface area contributed by atoms with Crippen LogP contribution in [-0.2, 0) is 4.79 Å². The summed E-state index contributed by atoms with van der Waals surface area (Å²) >= 11 is 0. The van der Waals surface area contributed by atoms with E-state index in [9.17, 15) is 4.79 Å². The number of amides is 1. The van der Waals surface area contributed by atoms with Gasteiger partial charge in [-0.25, -0.2) is 9.50 Å². The predicted molar refractivity (Wildman–Crippen MR) is 107 cm³/mol. The number of fused-ring (bicyclic) bond motifs is 2. The number of hydrogen-bond donors (Lipinski definition) is 0. The van der Waals surface area contributed by atoms with Crippen LogP contribution in [0.2, 0.25) is 0 Å². The molecule has 29 heavy (non-hydrogen) atoms. The molecule has 0 spiro atoms. The number of imidazole rings is 1. The predicted octanol–water partition coefficient (Wildman–Crippen LogP) is 3.32. The maximum atomic E-state index is 11.7. The van der Waals surface area contributed by atoms with E-state index in [1.54, 1.807) is 30.0 Å². The minimum atomic E-state index is 0.135. The highest BCUT2D eigenvalue weighted by Gasteiger charge is 2.26. The Labute approximate surface area is 167 Å². The van der Waals surface area contributed by atoms with Crippen LogP contribution in [0.3, 0.4) is 0 Å². The second-order valence-electron chi connectivity index (χ2n) is 7.25. The van der Waals surface area contributed by atoms with Gasteiger partial charge in [0.25, 0.3) is 0 Å². The van der Waals surface area contributed by atoms with Crippen LogP contribution in [0.4, 0.5) is 0 Å². The summed E-state index contributed by atoms with van der Waals surface area (Å²) in [6.07, 6.45) is 8.09. The molecule has 1 unspecified atom stereocenters. The van der Waals surface area contributed by atoms with Crippen molar-refractivity contribution >= 4 is 22.5 Å². The van der Waals surface area contributed by atoms with Crippen LogP contribution in [0, 0.1) is 0 Å². The molecule has 148 valence electrons. The van der Waals surface area contributed by atoms with Gasteiger partial charge in [0.05, 0.1) is 12.8 Å². The highest BCUT2D eigenvalue weighted by Crippen LogP contribution is 2.28.